The van der Waals surface area contributed by atoms with Gasteiger partial charge in [-0.25, -0.2) is 9.50 Å². The fourth-order valence-electron chi connectivity index (χ4n) is 1.71. The Hall–Kier alpha value is -1.43. The molecule has 2 rings (SSSR count). The number of aromatic nitrogens is 3. The summed E-state index contributed by atoms with van der Waals surface area (Å²) in [5.74, 6) is -0.316. The Morgan fingerprint density at radius 2 is 2.24 bits per heavy atom. The molecule has 0 bridgehead atoms. The lowest BCUT2D eigenvalue weighted by molar-refractivity contribution is -0.136. The molecule has 0 unspecified atom stereocenters. The molecule has 92 valence electrons. The smallest absolute Gasteiger partial charge is 0.309 e. The SMILES string of the molecule is Cc1nc2sc(CC(C)C)nn2c1CC(=O)O. The highest BCUT2D eigenvalue weighted by Crippen LogP contribution is 2.21. The third-order valence-electron chi connectivity index (χ3n) is 2.44. The molecule has 6 heteroatoms. The number of carboxylic acid groups (broad SMARTS) is 1. The number of aryl methyl sites for hydroxylation is 1. The Morgan fingerprint density at radius 1 is 1.53 bits per heavy atom. The van der Waals surface area contributed by atoms with Gasteiger partial charge in [-0.15, -0.1) is 0 Å². The number of rotatable bonds is 4. The van der Waals surface area contributed by atoms with Crippen molar-refractivity contribution in [3.05, 3.63) is 16.4 Å². The summed E-state index contributed by atoms with van der Waals surface area (Å²) >= 11 is 1.54. The molecule has 0 saturated heterocycles. The van der Waals surface area contributed by atoms with Crippen LogP contribution < -0.4 is 0 Å². The largest absolute Gasteiger partial charge is 0.481 e. The molecule has 0 saturated carbocycles. The number of carboxylic acids is 1. The molecule has 1 N–H and O–H groups in total. The lowest BCUT2D eigenvalue weighted by atomic mass is 10.1. The van der Waals surface area contributed by atoms with Gasteiger partial charge >= 0.3 is 5.97 Å². The highest BCUT2D eigenvalue weighted by molar-refractivity contribution is 7.16. The van der Waals surface area contributed by atoms with Crippen molar-refractivity contribution in [1.29, 1.82) is 0 Å². The van der Waals surface area contributed by atoms with Crippen LogP contribution in [0.1, 0.15) is 30.2 Å². The maximum absolute atomic E-state index is 10.8. The van der Waals surface area contributed by atoms with Crippen molar-refractivity contribution in [1.82, 2.24) is 14.6 Å². The number of aliphatic carboxylic acids is 1. The van der Waals surface area contributed by atoms with Gasteiger partial charge in [0.2, 0.25) is 4.96 Å². The fourth-order valence-corrected chi connectivity index (χ4v) is 2.88. The molecule has 0 radical (unpaired) electrons. The number of hydrogen-bond acceptors (Lipinski definition) is 4. The van der Waals surface area contributed by atoms with Crippen molar-refractivity contribution in [2.75, 3.05) is 0 Å². The van der Waals surface area contributed by atoms with Gasteiger partial charge in [0.15, 0.2) is 0 Å². The first-order chi connectivity index (χ1) is 7.97. The Labute approximate surface area is 103 Å². The predicted octanol–water partition coefficient (Wildman–Crippen LogP) is 1.92. The van der Waals surface area contributed by atoms with Crippen molar-refractivity contribution in [2.45, 2.75) is 33.6 Å². The molecule has 0 atom stereocenters. The number of imidazole rings is 1. The molecule has 17 heavy (non-hydrogen) atoms. The molecule has 0 spiro atoms. The van der Waals surface area contributed by atoms with E-state index in [0.717, 1.165) is 22.1 Å². The molecule has 2 aromatic heterocycles. The van der Waals surface area contributed by atoms with E-state index in [0.29, 0.717) is 11.6 Å². The van der Waals surface area contributed by atoms with Gasteiger partial charge in [-0.3, -0.25) is 4.79 Å². The van der Waals surface area contributed by atoms with E-state index in [2.05, 4.69) is 23.9 Å². The van der Waals surface area contributed by atoms with Gasteiger partial charge in [0, 0.05) is 6.42 Å². The Kier molecular flexibility index (Phi) is 3.15. The van der Waals surface area contributed by atoms with E-state index >= 15 is 0 Å². The minimum absolute atomic E-state index is 0.0299. The molecule has 0 amide bonds. The van der Waals surface area contributed by atoms with Crippen LogP contribution in [-0.2, 0) is 17.6 Å². The standard InChI is InChI=1S/C11H15N3O2S/c1-6(2)4-9-13-14-8(5-10(15)16)7(3)12-11(14)17-9/h6H,4-5H2,1-3H3,(H,15,16). The number of hydrogen-bond donors (Lipinski definition) is 1. The van der Waals surface area contributed by atoms with E-state index in [1.165, 1.54) is 11.3 Å². The lowest BCUT2D eigenvalue weighted by Gasteiger charge is -1.99. The topological polar surface area (TPSA) is 67.5 Å². The first-order valence-corrected chi connectivity index (χ1v) is 6.34. The number of fused-ring (bicyclic) bond motifs is 1. The van der Waals surface area contributed by atoms with E-state index in [9.17, 15) is 4.79 Å². The van der Waals surface area contributed by atoms with Crippen molar-refractivity contribution in [3.63, 3.8) is 0 Å². The van der Waals surface area contributed by atoms with E-state index in [4.69, 9.17) is 5.11 Å². The van der Waals surface area contributed by atoms with Crippen LogP contribution in [0.2, 0.25) is 0 Å². The Balaban J connectivity index is 2.41. The quantitative estimate of drug-likeness (QED) is 0.904. The first kappa shape index (κ1) is 12.0. The van der Waals surface area contributed by atoms with Crippen LogP contribution in [0, 0.1) is 12.8 Å². The summed E-state index contributed by atoms with van der Waals surface area (Å²) in [7, 11) is 0. The Morgan fingerprint density at radius 3 is 2.82 bits per heavy atom. The molecule has 0 aliphatic heterocycles. The lowest BCUT2D eigenvalue weighted by Crippen LogP contribution is -2.06. The average molecular weight is 253 g/mol. The van der Waals surface area contributed by atoms with E-state index in [1.54, 1.807) is 4.52 Å². The van der Waals surface area contributed by atoms with Crippen LogP contribution in [0.15, 0.2) is 0 Å². The third kappa shape index (κ3) is 2.46. The van der Waals surface area contributed by atoms with Gasteiger partial charge in [-0.2, -0.15) is 5.10 Å². The van der Waals surface area contributed by atoms with E-state index in [1.807, 2.05) is 6.92 Å². The second kappa shape index (κ2) is 4.44. The predicted molar refractivity (Wildman–Crippen MR) is 65.5 cm³/mol. The van der Waals surface area contributed by atoms with E-state index in [-0.39, 0.29) is 6.42 Å². The summed E-state index contributed by atoms with van der Waals surface area (Å²) < 4.78 is 1.67. The van der Waals surface area contributed by atoms with Crippen LogP contribution in [0.5, 0.6) is 0 Å². The zero-order chi connectivity index (χ0) is 12.6. The highest BCUT2D eigenvalue weighted by atomic mass is 32.1. The summed E-state index contributed by atoms with van der Waals surface area (Å²) in [6.07, 6.45) is 0.872. The molecule has 2 aromatic rings. The van der Waals surface area contributed by atoms with E-state index < -0.39 is 5.97 Å². The maximum Gasteiger partial charge on any atom is 0.309 e. The fraction of sp³-hybridized carbons (Fsp3) is 0.545. The maximum atomic E-state index is 10.8. The molecule has 0 aromatic carbocycles. The molecular formula is C11H15N3O2S. The second-order valence-electron chi connectivity index (χ2n) is 4.50. The summed E-state index contributed by atoms with van der Waals surface area (Å²) in [6.45, 7) is 6.09. The summed E-state index contributed by atoms with van der Waals surface area (Å²) in [6, 6.07) is 0. The van der Waals surface area contributed by atoms with Crippen molar-refractivity contribution in [3.8, 4) is 0 Å². The minimum Gasteiger partial charge on any atom is -0.481 e. The summed E-state index contributed by atoms with van der Waals surface area (Å²) in [5.41, 5.74) is 1.43. The van der Waals surface area contributed by atoms with Gasteiger partial charge in [-0.05, 0) is 12.8 Å². The highest BCUT2D eigenvalue weighted by Gasteiger charge is 2.16. The molecule has 5 nitrogen and oxygen atoms in total. The van der Waals surface area contributed by atoms with Crippen molar-refractivity contribution < 1.29 is 9.90 Å². The zero-order valence-electron chi connectivity index (χ0n) is 10.1. The number of nitrogens with zero attached hydrogens (tertiary/aromatic N) is 3. The molecule has 2 heterocycles. The normalized spacial score (nSPS) is 11.5. The first-order valence-electron chi connectivity index (χ1n) is 5.53. The van der Waals surface area contributed by atoms with Crippen LogP contribution >= 0.6 is 11.3 Å². The van der Waals surface area contributed by atoms with Gasteiger partial charge in [0.05, 0.1) is 17.8 Å². The molecule has 0 fully saturated rings. The summed E-state index contributed by atoms with van der Waals surface area (Å²) in [4.78, 5) is 15.9. The van der Waals surface area contributed by atoms with Crippen LogP contribution in [0.25, 0.3) is 4.96 Å². The third-order valence-corrected chi connectivity index (χ3v) is 3.37. The monoisotopic (exact) mass is 253 g/mol. The van der Waals surface area contributed by atoms with Crippen LogP contribution in [-0.4, -0.2) is 25.7 Å². The zero-order valence-corrected chi connectivity index (χ0v) is 10.9. The van der Waals surface area contributed by atoms with Gasteiger partial charge in [-0.1, -0.05) is 25.2 Å². The van der Waals surface area contributed by atoms with Crippen LogP contribution in [0.3, 0.4) is 0 Å². The Bertz CT molecular complexity index is 556. The van der Waals surface area contributed by atoms with Crippen molar-refractivity contribution >= 4 is 22.3 Å². The molecular weight excluding hydrogens is 238 g/mol. The molecule has 0 aliphatic rings. The molecule has 0 aliphatic carbocycles. The summed E-state index contributed by atoms with van der Waals surface area (Å²) in [5, 5.41) is 14.3. The average Bonchev–Trinajstić information content (AvgIpc) is 2.65. The number of carbonyl (C=O) groups is 1. The second-order valence-corrected chi connectivity index (χ2v) is 5.54. The van der Waals surface area contributed by atoms with Gasteiger partial charge in [0.1, 0.15) is 5.01 Å². The minimum atomic E-state index is -0.853. The van der Waals surface area contributed by atoms with Gasteiger partial charge in [0.25, 0.3) is 0 Å². The van der Waals surface area contributed by atoms with Crippen molar-refractivity contribution in [2.24, 2.45) is 5.92 Å². The van der Waals surface area contributed by atoms with Gasteiger partial charge < -0.3 is 5.11 Å². The van der Waals surface area contributed by atoms with Crippen LogP contribution in [0.4, 0.5) is 0 Å².